The number of rotatable bonds is 12. The number of aryl methyl sites for hydroxylation is 1. The molecule has 0 aliphatic heterocycles. The van der Waals surface area contributed by atoms with Crippen LogP contribution in [0.5, 0.6) is 0 Å². The van der Waals surface area contributed by atoms with Crippen molar-refractivity contribution in [1.82, 2.24) is 0 Å². The summed E-state index contributed by atoms with van der Waals surface area (Å²) >= 11 is 0. The SMILES string of the molecule is O=C(O)CCCCCCCCC(=O)CCc1ccccc1. The topological polar surface area (TPSA) is 54.4 Å². The van der Waals surface area contributed by atoms with Gasteiger partial charge < -0.3 is 5.11 Å². The van der Waals surface area contributed by atoms with Gasteiger partial charge in [-0.3, -0.25) is 9.59 Å². The highest BCUT2D eigenvalue weighted by Gasteiger charge is 2.03. The highest BCUT2D eigenvalue weighted by atomic mass is 16.4. The molecule has 0 radical (unpaired) electrons. The molecule has 1 aromatic carbocycles. The molecule has 0 unspecified atom stereocenters. The normalized spacial score (nSPS) is 10.5. The van der Waals surface area contributed by atoms with E-state index in [4.69, 9.17) is 5.11 Å². The first-order valence-corrected chi connectivity index (χ1v) is 7.96. The van der Waals surface area contributed by atoms with Crippen LogP contribution in [-0.2, 0) is 16.0 Å². The molecule has 1 N–H and O–H groups in total. The van der Waals surface area contributed by atoms with E-state index in [1.54, 1.807) is 0 Å². The Kier molecular flexibility index (Phi) is 9.18. The fourth-order valence-corrected chi connectivity index (χ4v) is 2.36. The van der Waals surface area contributed by atoms with Crippen LogP contribution in [0, 0.1) is 0 Å². The van der Waals surface area contributed by atoms with Crippen LogP contribution in [0.4, 0.5) is 0 Å². The maximum Gasteiger partial charge on any atom is 0.303 e. The Morgan fingerprint density at radius 1 is 0.762 bits per heavy atom. The second-order valence-corrected chi connectivity index (χ2v) is 5.54. The molecule has 0 amide bonds. The minimum atomic E-state index is -0.709. The van der Waals surface area contributed by atoms with Gasteiger partial charge in [0.2, 0.25) is 0 Å². The van der Waals surface area contributed by atoms with Crippen molar-refractivity contribution in [2.24, 2.45) is 0 Å². The van der Waals surface area contributed by atoms with E-state index < -0.39 is 5.97 Å². The summed E-state index contributed by atoms with van der Waals surface area (Å²) in [5.74, 6) is -0.358. The summed E-state index contributed by atoms with van der Waals surface area (Å²) in [7, 11) is 0. The summed E-state index contributed by atoms with van der Waals surface area (Å²) in [6, 6.07) is 10.1. The van der Waals surface area contributed by atoms with Crippen molar-refractivity contribution in [2.45, 2.75) is 64.2 Å². The lowest BCUT2D eigenvalue weighted by atomic mass is 10.0. The van der Waals surface area contributed by atoms with Crippen molar-refractivity contribution in [3.63, 3.8) is 0 Å². The maximum absolute atomic E-state index is 11.8. The van der Waals surface area contributed by atoms with E-state index in [1.165, 1.54) is 5.56 Å². The second-order valence-electron chi connectivity index (χ2n) is 5.54. The van der Waals surface area contributed by atoms with E-state index in [0.29, 0.717) is 18.6 Å². The Bertz CT molecular complexity index is 412. The highest BCUT2D eigenvalue weighted by molar-refractivity contribution is 5.78. The van der Waals surface area contributed by atoms with E-state index in [0.717, 1.165) is 44.9 Å². The van der Waals surface area contributed by atoms with Crippen molar-refractivity contribution >= 4 is 11.8 Å². The molecule has 0 fully saturated rings. The zero-order chi connectivity index (χ0) is 15.3. The molecular weight excluding hydrogens is 264 g/mol. The fourth-order valence-electron chi connectivity index (χ4n) is 2.36. The number of carboxylic acids is 1. The Hall–Kier alpha value is -1.64. The number of hydrogen-bond acceptors (Lipinski definition) is 2. The molecule has 0 heterocycles. The summed E-state index contributed by atoms with van der Waals surface area (Å²) < 4.78 is 0. The maximum atomic E-state index is 11.8. The van der Waals surface area contributed by atoms with Gasteiger partial charge >= 0.3 is 5.97 Å². The number of benzene rings is 1. The Morgan fingerprint density at radius 3 is 1.95 bits per heavy atom. The lowest BCUT2D eigenvalue weighted by molar-refractivity contribution is -0.137. The van der Waals surface area contributed by atoms with Gasteiger partial charge in [0.25, 0.3) is 0 Å². The number of unbranched alkanes of at least 4 members (excludes halogenated alkanes) is 5. The number of aliphatic carboxylic acids is 1. The molecular formula is C18H26O3. The average molecular weight is 290 g/mol. The van der Waals surface area contributed by atoms with Gasteiger partial charge in [-0.15, -0.1) is 0 Å². The van der Waals surface area contributed by atoms with Crippen LogP contribution >= 0.6 is 0 Å². The molecule has 0 spiro atoms. The van der Waals surface area contributed by atoms with Gasteiger partial charge in [-0.2, -0.15) is 0 Å². The molecule has 3 heteroatoms. The molecule has 21 heavy (non-hydrogen) atoms. The minimum absolute atomic E-state index is 0.276. The number of carbonyl (C=O) groups is 2. The molecule has 1 rings (SSSR count). The van der Waals surface area contributed by atoms with E-state index in [2.05, 4.69) is 12.1 Å². The molecule has 0 atom stereocenters. The standard InChI is InChI=1S/C18H26O3/c19-17(15-14-16-10-6-5-7-11-16)12-8-3-1-2-4-9-13-18(20)21/h5-7,10-11H,1-4,8-9,12-15H2,(H,20,21). The van der Waals surface area contributed by atoms with Crippen LogP contribution < -0.4 is 0 Å². The molecule has 0 aliphatic rings. The van der Waals surface area contributed by atoms with Crippen LogP contribution in [0.1, 0.15) is 63.4 Å². The zero-order valence-corrected chi connectivity index (χ0v) is 12.7. The van der Waals surface area contributed by atoms with Crippen molar-refractivity contribution in [3.05, 3.63) is 35.9 Å². The third-order valence-corrected chi connectivity index (χ3v) is 3.63. The number of ketones is 1. The summed E-state index contributed by atoms with van der Waals surface area (Å²) in [5, 5.41) is 8.51. The van der Waals surface area contributed by atoms with Gasteiger partial charge in [-0.05, 0) is 24.8 Å². The smallest absolute Gasteiger partial charge is 0.303 e. The molecule has 0 aromatic heterocycles. The van der Waals surface area contributed by atoms with Crippen LogP contribution in [0.3, 0.4) is 0 Å². The molecule has 0 saturated heterocycles. The predicted molar refractivity (Wildman–Crippen MR) is 84.3 cm³/mol. The van der Waals surface area contributed by atoms with Gasteiger partial charge in [0, 0.05) is 19.3 Å². The van der Waals surface area contributed by atoms with Gasteiger partial charge in [-0.25, -0.2) is 0 Å². The first-order valence-electron chi connectivity index (χ1n) is 7.96. The average Bonchev–Trinajstić information content (AvgIpc) is 2.48. The monoisotopic (exact) mass is 290 g/mol. The van der Waals surface area contributed by atoms with Gasteiger partial charge in [-0.1, -0.05) is 56.0 Å². The summed E-state index contributed by atoms with van der Waals surface area (Å²) in [4.78, 5) is 22.1. The van der Waals surface area contributed by atoms with E-state index in [1.807, 2.05) is 18.2 Å². The molecule has 3 nitrogen and oxygen atoms in total. The van der Waals surface area contributed by atoms with Crippen LogP contribution in [0.2, 0.25) is 0 Å². The fraction of sp³-hybridized carbons (Fsp3) is 0.556. The first-order chi connectivity index (χ1) is 10.2. The van der Waals surface area contributed by atoms with Crippen LogP contribution in [0.15, 0.2) is 30.3 Å². The van der Waals surface area contributed by atoms with Gasteiger partial charge in [0.1, 0.15) is 5.78 Å². The second kappa shape index (κ2) is 11.1. The summed E-state index contributed by atoms with van der Waals surface area (Å²) in [6.07, 6.45) is 8.41. The zero-order valence-electron chi connectivity index (χ0n) is 12.7. The van der Waals surface area contributed by atoms with Crippen molar-refractivity contribution in [1.29, 1.82) is 0 Å². The first kappa shape index (κ1) is 17.4. The predicted octanol–water partition coefficient (Wildman–Crippen LogP) is 4.39. The Balaban J connectivity index is 1.93. The minimum Gasteiger partial charge on any atom is -0.481 e. The van der Waals surface area contributed by atoms with E-state index in [-0.39, 0.29) is 6.42 Å². The summed E-state index contributed by atoms with van der Waals surface area (Å²) in [5.41, 5.74) is 1.23. The third-order valence-electron chi connectivity index (χ3n) is 3.63. The van der Waals surface area contributed by atoms with E-state index >= 15 is 0 Å². The largest absolute Gasteiger partial charge is 0.481 e. The van der Waals surface area contributed by atoms with Crippen molar-refractivity contribution < 1.29 is 14.7 Å². The number of Topliss-reactive ketones (excluding diaryl/α,β-unsaturated/α-hetero) is 1. The highest BCUT2D eigenvalue weighted by Crippen LogP contribution is 2.10. The number of carboxylic acid groups (broad SMARTS) is 1. The lowest BCUT2D eigenvalue weighted by Crippen LogP contribution is -2.00. The molecule has 1 aromatic rings. The molecule has 0 saturated carbocycles. The lowest BCUT2D eigenvalue weighted by Gasteiger charge is -2.02. The molecule has 0 aliphatic carbocycles. The molecule has 116 valence electrons. The quantitative estimate of drug-likeness (QED) is 0.581. The molecule has 0 bridgehead atoms. The van der Waals surface area contributed by atoms with E-state index in [9.17, 15) is 9.59 Å². The van der Waals surface area contributed by atoms with Crippen molar-refractivity contribution in [3.8, 4) is 0 Å². The number of carbonyl (C=O) groups excluding carboxylic acids is 1. The van der Waals surface area contributed by atoms with Gasteiger partial charge in [0.15, 0.2) is 0 Å². The number of hydrogen-bond donors (Lipinski definition) is 1. The summed E-state index contributed by atoms with van der Waals surface area (Å²) in [6.45, 7) is 0. The Morgan fingerprint density at radius 2 is 1.33 bits per heavy atom. The Labute approximate surface area is 127 Å². The van der Waals surface area contributed by atoms with Crippen molar-refractivity contribution in [2.75, 3.05) is 0 Å². The van der Waals surface area contributed by atoms with Crippen LogP contribution in [0.25, 0.3) is 0 Å². The van der Waals surface area contributed by atoms with Crippen LogP contribution in [-0.4, -0.2) is 16.9 Å². The third kappa shape index (κ3) is 9.83. The van der Waals surface area contributed by atoms with Gasteiger partial charge in [0.05, 0.1) is 0 Å².